The Morgan fingerprint density at radius 3 is 2.62 bits per heavy atom. The zero-order valence-electron chi connectivity index (χ0n) is 16.7. The fourth-order valence-corrected chi connectivity index (χ4v) is 5.44. The van der Waals surface area contributed by atoms with Gasteiger partial charge in [0, 0.05) is 43.0 Å². The first kappa shape index (κ1) is 20.2. The second-order valence-corrected chi connectivity index (χ2v) is 9.58. The lowest BCUT2D eigenvalue weighted by molar-refractivity contribution is -0.113. The number of benzene rings is 1. The highest BCUT2D eigenvalue weighted by Crippen LogP contribution is 2.36. The molecular formula is C22H25N3O2S2. The van der Waals surface area contributed by atoms with Crippen LogP contribution in [-0.2, 0) is 11.3 Å². The van der Waals surface area contributed by atoms with Gasteiger partial charge in [-0.05, 0) is 43.4 Å². The third kappa shape index (κ3) is 4.26. The van der Waals surface area contributed by atoms with Gasteiger partial charge in [-0.3, -0.25) is 9.59 Å². The minimum absolute atomic E-state index is 0.0381. The van der Waals surface area contributed by atoms with Crippen molar-refractivity contribution in [1.29, 1.82) is 0 Å². The number of carbonyl (C=O) groups is 1. The molecule has 0 radical (unpaired) electrons. The molecule has 1 fully saturated rings. The molecular weight excluding hydrogens is 402 g/mol. The molecule has 3 heterocycles. The molecule has 2 aromatic rings. The number of fused-ring (bicyclic) bond motifs is 4. The molecule has 1 amide bonds. The largest absolute Gasteiger partial charge is 0.356 e. The number of hydrogen-bond donors (Lipinski definition) is 1. The van der Waals surface area contributed by atoms with E-state index in [1.807, 2.05) is 42.7 Å². The maximum atomic E-state index is 12.5. The fourth-order valence-electron chi connectivity index (χ4n) is 4.45. The quantitative estimate of drug-likeness (QED) is 0.760. The summed E-state index contributed by atoms with van der Waals surface area (Å²) in [6.07, 6.45) is 1.10. The minimum Gasteiger partial charge on any atom is -0.356 e. The number of rotatable bonds is 3. The molecule has 0 unspecified atom stereocenters. The van der Waals surface area contributed by atoms with Gasteiger partial charge in [-0.2, -0.15) is 0 Å². The fraction of sp³-hybridized carbons (Fsp3) is 0.409. The minimum atomic E-state index is -0.0381. The number of aryl methyl sites for hydroxylation is 2. The van der Waals surface area contributed by atoms with Crippen LogP contribution in [0.4, 0.5) is 5.69 Å². The van der Waals surface area contributed by atoms with E-state index in [0.29, 0.717) is 17.6 Å². The van der Waals surface area contributed by atoms with Crippen molar-refractivity contribution < 1.29 is 4.79 Å². The van der Waals surface area contributed by atoms with Crippen molar-refractivity contribution in [1.82, 2.24) is 9.47 Å². The lowest BCUT2D eigenvalue weighted by Crippen LogP contribution is -2.48. The monoisotopic (exact) mass is 427 g/mol. The summed E-state index contributed by atoms with van der Waals surface area (Å²) >= 11 is 7.07. The summed E-state index contributed by atoms with van der Waals surface area (Å²) in [6.45, 7) is 6.40. The zero-order valence-corrected chi connectivity index (χ0v) is 18.3. The molecule has 1 saturated heterocycles. The highest BCUT2D eigenvalue weighted by Gasteiger charge is 2.35. The van der Waals surface area contributed by atoms with Crippen LogP contribution < -0.4 is 10.9 Å². The molecule has 152 valence electrons. The normalized spacial score (nSPS) is 20.1. The van der Waals surface area contributed by atoms with E-state index in [0.717, 1.165) is 52.9 Å². The van der Waals surface area contributed by atoms with E-state index in [2.05, 4.69) is 16.3 Å². The smallest absolute Gasteiger partial charge is 0.250 e. The molecule has 0 saturated carbocycles. The highest BCUT2D eigenvalue weighted by atomic mass is 32.2. The van der Waals surface area contributed by atoms with Crippen LogP contribution in [0.15, 0.2) is 41.2 Å². The summed E-state index contributed by atoms with van der Waals surface area (Å²) in [5.74, 6) is 1.000. The van der Waals surface area contributed by atoms with Crippen molar-refractivity contribution in [2.45, 2.75) is 32.7 Å². The van der Waals surface area contributed by atoms with Gasteiger partial charge in [0.05, 0.1) is 5.75 Å². The summed E-state index contributed by atoms with van der Waals surface area (Å²) in [6, 6.07) is 11.5. The molecule has 29 heavy (non-hydrogen) atoms. The van der Waals surface area contributed by atoms with Crippen molar-refractivity contribution in [3.05, 3.63) is 63.6 Å². The third-order valence-corrected chi connectivity index (χ3v) is 7.33. The van der Waals surface area contributed by atoms with Gasteiger partial charge in [0.2, 0.25) is 5.91 Å². The van der Waals surface area contributed by atoms with Crippen LogP contribution in [-0.4, -0.2) is 38.5 Å². The van der Waals surface area contributed by atoms with Crippen LogP contribution in [0, 0.1) is 19.8 Å². The van der Waals surface area contributed by atoms with Crippen molar-refractivity contribution in [3.63, 3.8) is 0 Å². The van der Waals surface area contributed by atoms with Crippen LogP contribution in [0.5, 0.6) is 0 Å². The van der Waals surface area contributed by atoms with Gasteiger partial charge in [0.15, 0.2) is 0 Å². The highest BCUT2D eigenvalue weighted by molar-refractivity contribution is 8.23. The Morgan fingerprint density at radius 1 is 1.14 bits per heavy atom. The Kier molecular flexibility index (Phi) is 5.79. The number of anilines is 1. The molecule has 0 aliphatic carbocycles. The Bertz CT molecular complexity index is 997. The third-order valence-electron chi connectivity index (χ3n) is 5.81. The van der Waals surface area contributed by atoms with Crippen LogP contribution in [0.3, 0.4) is 0 Å². The van der Waals surface area contributed by atoms with E-state index in [4.69, 9.17) is 12.2 Å². The molecule has 2 aliphatic heterocycles. The molecule has 4 rings (SSSR count). The van der Waals surface area contributed by atoms with E-state index in [1.165, 1.54) is 11.8 Å². The van der Waals surface area contributed by atoms with Crippen LogP contribution in [0.1, 0.15) is 29.2 Å². The lowest BCUT2D eigenvalue weighted by atomic mass is 9.83. The molecule has 2 aliphatic rings. The van der Waals surface area contributed by atoms with Gasteiger partial charge in [0.25, 0.3) is 5.56 Å². The van der Waals surface area contributed by atoms with Gasteiger partial charge in [-0.25, -0.2) is 0 Å². The molecule has 5 nitrogen and oxygen atoms in total. The number of pyridine rings is 1. The van der Waals surface area contributed by atoms with Gasteiger partial charge < -0.3 is 14.8 Å². The first-order chi connectivity index (χ1) is 13.9. The predicted octanol–water partition coefficient (Wildman–Crippen LogP) is 3.54. The number of nitrogens with one attached hydrogen (secondary N) is 1. The molecule has 1 aromatic heterocycles. The molecule has 1 aromatic carbocycles. The lowest BCUT2D eigenvalue weighted by Gasteiger charge is -2.43. The topological polar surface area (TPSA) is 54.3 Å². The van der Waals surface area contributed by atoms with E-state index >= 15 is 0 Å². The van der Waals surface area contributed by atoms with Crippen molar-refractivity contribution >= 4 is 39.9 Å². The summed E-state index contributed by atoms with van der Waals surface area (Å²) < 4.78 is 2.69. The van der Waals surface area contributed by atoms with Crippen molar-refractivity contribution in [2.24, 2.45) is 5.92 Å². The number of thiocarbonyl (C=S) groups is 1. The van der Waals surface area contributed by atoms with E-state index in [-0.39, 0.29) is 11.5 Å². The van der Waals surface area contributed by atoms with Crippen molar-refractivity contribution in [2.75, 3.05) is 24.2 Å². The van der Waals surface area contributed by atoms with E-state index in [9.17, 15) is 9.59 Å². The van der Waals surface area contributed by atoms with Gasteiger partial charge in [-0.1, -0.05) is 48.2 Å². The average Bonchev–Trinajstić information content (AvgIpc) is 2.70. The first-order valence-corrected chi connectivity index (χ1v) is 11.3. The first-order valence-electron chi connectivity index (χ1n) is 9.90. The second-order valence-electron chi connectivity index (χ2n) is 7.97. The second kappa shape index (κ2) is 8.32. The van der Waals surface area contributed by atoms with Crippen molar-refractivity contribution in [3.8, 4) is 0 Å². The number of para-hydroxylation sites is 1. The maximum absolute atomic E-state index is 12.5. The molecule has 1 N–H and O–H groups in total. The number of hydrogen-bond acceptors (Lipinski definition) is 4. The maximum Gasteiger partial charge on any atom is 0.250 e. The van der Waals surface area contributed by atoms with E-state index < -0.39 is 0 Å². The number of thioether (sulfide) groups is 1. The Hall–Kier alpha value is -2.12. The van der Waals surface area contributed by atoms with Gasteiger partial charge >= 0.3 is 0 Å². The van der Waals surface area contributed by atoms with E-state index in [1.54, 1.807) is 6.07 Å². The average molecular weight is 428 g/mol. The Balaban J connectivity index is 1.36. The molecule has 2 atom stereocenters. The Labute approximate surface area is 180 Å². The Morgan fingerprint density at radius 2 is 1.86 bits per heavy atom. The summed E-state index contributed by atoms with van der Waals surface area (Å²) in [7, 11) is 0. The number of likely N-dealkylation sites (tertiary alicyclic amines) is 1. The number of amides is 1. The SMILES string of the molecule is Cc1cccc(C)c1NC(=O)CSC(=S)N1C[C@@H]2C[C@@H](C1)c1cccc(=O)n1C2. The standard InChI is InChI=1S/C22H25N3O2S2/c1-14-5-3-6-15(2)21(14)23-19(26)13-29-22(28)24-10-16-9-17(12-24)18-7-4-8-20(27)25(18)11-16/h3-8,16-17H,9-13H2,1-2H3,(H,23,26)/t16-,17-/m0/s1. The number of piperidine rings is 1. The number of carbonyl (C=O) groups excluding carboxylic acids is 1. The van der Waals surface area contributed by atoms with Gasteiger partial charge in [-0.15, -0.1) is 0 Å². The molecule has 2 bridgehead atoms. The zero-order chi connectivity index (χ0) is 20.5. The van der Waals surface area contributed by atoms with Crippen LogP contribution in [0.2, 0.25) is 0 Å². The number of nitrogens with zero attached hydrogens (tertiary/aromatic N) is 2. The van der Waals surface area contributed by atoms with Crippen LogP contribution in [0.25, 0.3) is 0 Å². The van der Waals surface area contributed by atoms with Gasteiger partial charge in [0.1, 0.15) is 4.32 Å². The predicted molar refractivity (Wildman–Crippen MR) is 123 cm³/mol. The molecule has 0 spiro atoms. The summed E-state index contributed by atoms with van der Waals surface area (Å²) in [5, 5.41) is 3.02. The number of aromatic nitrogens is 1. The summed E-state index contributed by atoms with van der Waals surface area (Å²) in [4.78, 5) is 26.8. The molecule has 7 heteroatoms. The van der Waals surface area contributed by atoms with Crippen LogP contribution >= 0.6 is 24.0 Å². The summed E-state index contributed by atoms with van der Waals surface area (Å²) in [5.41, 5.74) is 4.20.